The summed E-state index contributed by atoms with van der Waals surface area (Å²) >= 11 is 5.98. The highest BCUT2D eigenvalue weighted by atomic mass is 35.5. The van der Waals surface area contributed by atoms with Gasteiger partial charge in [-0.25, -0.2) is 0 Å². The van der Waals surface area contributed by atoms with E-state index in [9.17, 15) is 0 Å². The predicted octanol–water partition coefficient (Wildman–Crippen LogP) is 2.53. The molecule has 3 rings (SSSR count). The Hall–Kier alpha value is -1.65. The van der Waals surface area contributed by atoms with Gasteiger partial charge in [0.15, 0.2) is 0 Å². The van der Waals surface area contributed by atoms with Gasteiger partial charge in [0.25, 0.3) is 0 Å². The Morgan fingerprint density at radius 2 is 2.25 bits per heavy atom. The van der Waals surface area contributed by atoms with Gasteiger partial charge in [-0.1, -0.05) is 11.6 Å². The first-order valence-electron chi connectivity index (χ1n) is 6.64. The third-order valence-corrected chi connectivity index (χ3v) is 3.51. The lowest BCUT2D eigenvalue weighted by atomic mass is 10.1. The van der Waals surface area contributed by atoms with Gasteiger partial charge in [-0.05, 0) is 30.7 Å². The van der Waals surface area contributed by atoms with Crippen molar-refractivity contribution in [1.29, 1.82) is 0 Å². The van der Waals surface area contributed by atoms with E-state index in [-0.39, 0.29) is 6.10 Å². The van der Waals surface area contributed by atoms with E-state index in [4.69, 9.17) is 16.3 Å². The third-order valence-electron chi connectivity index (χ3n) is 3.28. The van der Waals surface area contributed by atoms with E-state index in [0.29, 0.717) is 6.54 Å². The van der Waals surface area contributed by atoms with Crippen molar-refractivity contribution in [2.24, 2.45) is 0 Å². The van der Waals surface area contributed by atoms with E-state index in [2.05, 4.69) is 15.3 Å². The van der Waals surface area contributed by atoms with Crippen molar-refractivity contribution < 1.29 is 4.74 Å². The third kappa shape index (κ3) is 3.08. The quantitative estimate of drug-likeness (QED) is 0.939. The fraction of sp³-hybridized carbons (Fsp3) is 0.333. The van der Waals surface area contributed by atoms with Crippen LogP contribution < -0.4 is 10.1 Å². The van der Waals surface area contributed by atoms with Crippen LogP contribution in [0.4, 0.5) is 0 Å². The molecule has 0 bridgehead atoms. The molecule has 1 aliphatic rings. The normalized spacial score (nSPS) is 16.8. The fourth-order valence-corrected chi connectivity index (χ4v) is 2.47. The molecular formula is C15H16ClN3O. The molecule has 0 saturated carbocycles. The largest absolute Gasteiger partial charge is 0.488 e. The number of halogens is 1. The predicted molar refractivity (Wildman–Crippen MR) is 78.0 cm³/mol. The minimum absolute atomic E-state index is 0.155. The molecule has 0 radical (unpaired) electrons. The van der Waals surface area contributed by atoms with Crippen molar-refractivity contribution in [3.8, 4) is 5.75 Å². The second-order valence-corrected chi connectivity index (χ2v) is 5.41. The SMILES string of the molecule is Cc1cnc(CNCC2Cc3cc(Cl)ccc3O2)cn1. The number of hydrogen-bond donors (Lipinski definition) is 1. The monoisotopic (exact) mass is 289 g/mol. The summed E-state index contributed by atoms with van der Waals surface area (Å²) in [6.07, 6.45) is 4.62. The standard InChI is InChI=1S/C15H16ClN3O/c1-10-6-19-13(8-18-10)7-17-9-14-5-11-4-12(16)2-3-15(11)20-14/h2-4,6,8,14,17H,5,7,9H2,1H3. The van der Waals surface area contributed by atoms with E-state index in [1.165, 1.54) is 5.56 Å². The molecule has 1 aromatic heterocycles. The highest BCUT2D eigenvalue weighted by molar-refractivity contribution is 6.30. The molecule has 20 heavy (non-hydrogen) atoms. The molecule has 0 fully saturated rings. The van der Waals surface area contributed by atoms with Gasteiger partial charge in [0, 0.05) is 36.9 Å². The lowest BCUT2D eigenvalue weighted by molar-refractivity contribution is 0.227. The van der Waals surface area contributed by atoms with E-state index < -0.39 is 0 Å². The van der Waals surface area contributed by atoms with E-state index >= 15 is 0 Å². The van der Waals surface area contributed by atoms with Crippen molar-refractivity contribution in [3.05, 3.63) is 52.6 Å². The summed E-state index contributed by atoms with van der Waals surface area (Å²) in [5.74, 6) is 0.941. The molecule has 0 saturated heterocycles. The molecule has 0 spiro atoms. The van der Waals surface area contributed by atoms with Crippen LogP contribution in [0.5, 0.6) is 5.75 Å². The van der Waals surface area contributed by atoms with Crippen LogP contribution in [0.15, 0.2) is 30.6 Å². The van der Waals surface area contributed by atoms with Crippen LogP contribution in [0.3, 0.4) is 0 Å². The summed E-state index contributed by atoms with van der Waals surface area (Å²) in [6.45, 7) is 3.41. The molecule has 1 N–H and O–H groups in total. The minimum Gasteiger partial charge on any atom is -0.488 e. The molecule has 0 amide bonds. The summed E-state index contributed by atoms with van der Waals surface area (Å²) in [5.41, 5.74) is 3.05. The number of rotatable bonds is 4. The van der Waals surface area contributed by atoms with Crippen LogP contribution in [0.2, 0.25) is 5.02 Å². The van der Waals surface area contributed by atoms with E-state index in [0.717, 1.165) is 35.1 Å². The fourth-order valence-electron chi connectivity index (χ4n) is 2.27. The average molecular weight is 290 g/mol. The average Bonchev–Trinajstić information content (AvgIpc) is 2.83. The van der Waals surface area contributed by atoms with Crippen LogP contribution >= 0.6 is 11.6 Å². The summed E-state index contributed by atoms with van der Waals surface area (Å²) in [7, 11) is 0. The smallest absolute Gasteiger partial charge is 0.123 e. The number of aromatic nitrogens is 2. The van der Waals surface area contributed by atoms with Gasteiger partial charge in [0.2, 0.25) is 0 Å². The number of hydrogen-bond acceptors (Lipinski definition) is 4. The van der Waals surface area contributed by atoms with E-state index in [1.54, 1.807) is 12.4 Å². The van der Waals surface area contributed by atoms with Crippen LogP contribution in [-0.4, -0.2) is 22.6 Å². The molecular weight excluding hydrogens is 274 g/mol. The first-order chi connectivity index (χ1) is 9.70. The molecule has 104 valence electrons. The summed E-state index contributed by atoms with van der Waals surface area (Å²) in [5, 5.41) is 4.11. The van der Waals surface area contributed by atoms with Gasteiger partial charge in [-0.2, -0.15) is 0 Å². The lowest BCUT2D eigenvalue weighted by Crippen LogP contribution is -2.30. The first-order valence-corrected chi connectivity index (χ1v) is 7.02. The highest BCUT2D eigenvalue weighted by Gasteiger charge is 2.22. The van der Waals surface area contributed by atoms with Crippen molar-refractivity contribution >= 4 is 11.6 Å². The van der Waals surface area contributed by atoms with Gasteiger partial charge >= 0.3 is 0 Å². The number of benzene rings is 1. The van der Waals surface area contributed by atoms with Crippen LogP contribution in [0, 0.1) is 6.92 Å². The van der Waals surface area contributed by atoms with E-state index in [1.807, 2.05) is 25.1 Å². The Kier molecular flexibility index (Phi) is 3.85. The van der Waals surface area contributed by atoms with Crippen molar-refractivity contribution in [2.45, 2.75) is 26.0 Å². The van der Waals surface area contributed by atoms with Gasteiger partial charge in [0.05, 0.1) is 11.4 Å². The number of aryl methyl sites for hydroxylation is 1. The molecule has 1 aliphatic heterocycles. The second kappa shape index (κ2) is 5.77. The highest BCUT2D eigenvalue weighted by Crippen LogP contribution is 2.30. The molecule has 1 unspecified atom stereocenters. The molecule has 5 heteroatoms. The number of fused-ring (bicyclic) bond motifs is 1. The zero-order valence-corrected chi connectivity index (χ0v) is 12.0. The molecule has 1 atom stereocenters. The second-order valence-electron chi connectivity index (χ2n) is 4.98. The van der Waals surface area contributed by atoms with Crippen molar-refractivity contribution in [1.82, 2.24) is 15.3 Å². The van der Waals surface area contributed by atoms with Gasteiger partial charge < -0.3 is 10.1 Å². The Labute approximate surface area is 123 Å². The van der Waals surface area contributed by atoms with Crippen LogP contribution in [-0.2, 0) is 13.0 Å². The molecule has 4 nitrogen and oxygen atoms in total. The van der Waals surface area contributed by atoms with Gasteiger partial charge in [-0.3, -0.25) is 9.97 Å². The van der Waals surface area contributed by atoms with Crippen LogP contribution in [0.25, 0.3) is 0 Å². The Morgan fingerprint density at radius 3 is 3.05 bits per heavy atom. The summed E-state index contributed by atoms with van der Waals surface area (Å²) in [6, 6.07) is 5.77. The number of ether oxygens (including phenoxy) is 1. The maximum Gasteiger partial charge on any atom is 0.123 e. The maximum atomic E-state index is 5.98. The Bertz CT molecular complexity index is 601. The number of nitrogens with one attached hydrogen (secondary N) is 1. The van der Waals surface area contributed by atoms with Crippen LogP contribution in [0.1, 0.15) is 17.0 Å². The van der Waals surface area contributed by atoms with Crippen molar-refractivity contribution in [2.75, 3.05) is 6.54 Å². The molecule has 1 aromatic carbocycles. The van der Waals surface area contributed by atoms with Gasteiger partial charge in [0.1, 0.15) is 11.9 Å². The summed E-state index contributed by atoms with van der Waals surface area (Å²) in [4.78, 5) is 8.53. The zero-order valence-electron chi connectivity index (χ0n) is 11.3. The molecule has 0 aliphatic carbocycles. The number of nitrogens with zero attached hydrogens (tertiary/aromatic N) is 2. The van der Waals surface area contributed by atoms with Gasteiger partial charge in [-0.15, -0.1) is 0 Å². The molecule has 2 heterocycles. The molecule has 2 aromatic rings. The topological polar surface area (TPSA) is 47.0 Å². The first kappa shape index (κ1) is 13.3. The van der Waals surface area contributed by atoms with Crippen molar-refractivity contribution in [3.63, 3.8) is 0 Å². The minimum atomic E-state index is 0.155. The zero-order chi connectivity index (χ0) is 13.9. The lowest BCUT2D eigenvalue weighted by Gasteiger charge is -2.11. The summed E-state index contributed by atoms with van der Waals surface area (Å²) < 4.78 is 5.86. The Morgan fingerprint density at radius 1 is 1.35 bits per heavy atom. The maximum absolute atomic E-state index is 5.98. The Balaban J connectivity index is 1.50.